The number of thiophene rings is 1. The van der Waals surface area contributed by atoms with Gasteiger partial charge in [0.2, 0.25) is 5.91 Å². The van der Waals surface area contributed by atoms with Crippen molar-refractivity contribution in [3.8, 4) is 0 Å². The first-order valence-corrected chi connectivity index (χ1v) is 12.4. The molecule has 4 aromatic rings. The highest BCUT2D eigenvalue weighted by molar-refractivity contribution is 7.10. The maximum Gasteiger partial charge on any atom is 0.339 e. The van der Waals surface area contributed by atoms with E-state index in [1.165, 1.54) is 6.92 Å². The lowest BCUT2D eigenvalue weighted by Crippen LogP contribution is -2.21. The van der Waals surface area contributed by atoms with E-state index in [2.05, 4.69) is 22.8 Å². The smallest absolute Gasteiger partial charge is 0.339 e. The number of ether oxygens (including phenoxy) is 1. The molecule has 1 aliphatic rings. The first-order valence-electron chi connectivity index (χ1n) is 11.5. The lowest BCUT2D eigenvalue weighted by Gasteiger charge is -2.12. The molecule has 0 unspecified atom stereocenters. The predicted octanol–water partition coefficient (Wildman–Crippen LogP) is 5.54. The molecule has 0 saturated heterocycles. The van der Waals surface area contributed by atoms with Gasteiger partial charge in [0, 0.05) is 28.6 Å². The van der Waals surface area contributed by atoms with E-state index in [4.69, 9.17) is 9.72 Å². The van der Waals surface area contributed by atoms with Gasteiger partial charge in [-0.2, -0.15) is 0 Å². The van der Waals surface area contributed by atoms with Gasteiger partial charge in [-0.15, -0.1) is 11.3 Å². The molecule has 8 heteroatoms. The van der Waals surface area contributed by atoms with Gasteiger partial charge in [0.25, 0.3) is 5.91 Å². The Morgan fingerprint density at radius 1 is 0.972 bits per heavy atom. The van der Waals surface area contributed by atoms with Crippen LogP contribution in [0.25, 0.3) is 22.6 Å². The van der Waals surface area contributed by atoms with Gasteiger partial charge in [-0.1, -0.05) is 24.3 Å². The van der Waals surface area contributed by atoms with Crippen LogP contribution >= 0.6 is 11.3 Å². The Hall–Kier alpha value is -4.30. The van der Waals surface area contributed by atoms with Crippen molar-refractivity contribution in [1.29, 1.82) is 0 Å². The molecule has 0 atom stereocenters. The Morgan fingerprint density at radius 3 is 2.44 bits per heavy atom. The molecule has 2 amide bonds. The zero-order valence-electron chi connectivity index (χ0n) is 19.5. The molecule has 36 heavy (non-hydrogen) atoms. The largest absolute Gasteiger partial charge is 0.452 e. The van der Waals surface area contributed by atoms with Gasteiger partial charge in [-0.05, 0) is 71.8 Å². The Balaban J connectivity index is 1.35. The van der Waals surface area contributed by atoms with E-state index in [1.807, 2.05) is 35.7 Å². The van der Waals surface area contributed by atoms with Crippen molar-refractivity contribution in [2.24, 2.45) is 0 Å². The number of pyridine rings is 1. The summed E-state index contributed by atoms with van der Waals surface area (Å²) in [6, 6.07) is 18.2. The monoisotopic (exact) mass is 497 g/mol. The van der Waals surface area contributed by atoms with Crippen molar-refractivity contribution >= 4 is 63.0 Å². The van der Waals surface area contributed by atoms with Crippen LogP contribution in [0.1, 0.15) is 39.8 Å². The first kappa shape index (κ1) is 23.4. The number of fused-ring (bicyclic) bond motifs is 2. The van der Waals surface area contributed by atoms with Crippen LogP contribution in [0.2, 0.25) is 0 Å². The fourth-order valence-electron chi connectivity index (χ4n) is 4.30. The summed E-state index contributed by atoms with van der Waals surface area (Å²) in [7, 11) is 0. The average molecular weight is 498 g/mol. The number of nitrogens with zero attached hydrogens (tertiary/aromatic N) is 1. The number of hydrogen-bond acceptors (Lipinski definition) is 6. The molecule has 0 saturated carbocycles. The molecule has 5 rings (SSSR count). The molecule has 0 bridgehead atoms. The number of carbonyl (C=O) groups excluding carboxylic acids is 3. The summed E-state index contributed by atoms with van der Waals surface area (Å²) in [5.74, 6) is -1.18. The van der Waals surface area contributed by atoms with E-state index in [-0.39, 0.29) is 5.91 Å². The minimum atomic E-state index is -0.543. The quantitative estimate of drug-likeness (QED) is 0.341. The second-order valence-electron chi connectivity index (χ2n) is 8.40. The number of hydrogen-bond donors (Lipinski definition) is 2. The summed E-state index contributed by atoms with van der Waals surface area (Å²) in [6.07, 6.45) is 3.59. The second-order valence-corrected chi connectivity index (χ2v) is 9.38. The predicted molar refractivity (Wildman–Crippen MR) is 142 cm³/mol. The SMILES string of the molecule is CC(=O)Nc1ccc(NC(=O)COC(=O)c2c3c(nc4ccccc24)/C(=C\c2cccs2)CC3)cc1. The van der Waals surface area contributed by atoms with Gasteiger partial charge in [0.05, 0.1) is 16.8 Å². The normalized spacial score (nSPS) is 13.4. The third-order valence-electron chi connectivity index (χ3n) is 5.83. The van der Waals surface area contributed by atoms with Crippen LogP contribution in [-0.2, 0) is 20.7 Å². The fourth-order valence-corrected chi connectivity index (χ4v) is 4.98. The van der Waals surface area contributed by atoms with Crippen LogP contribution in [0.15, 0.2) is 66.0 Å². The third kappa shape index (κ3) is 5.04. The topological polar surface area (TPSA) is 97.4 Å². The van der Waals surface area contributed by atoms with Crippen molar-refractivity contribution in [3.63, 3.8) is 0 Å². The molecule has 0 radical (unpaired) electrons. The molecule has 2 heterocycles. The van der Waals surface area contributed by atoms with Crippen LogP contribution < -0.4 is 10.6 Å². The molecule has 1 aliphatic carbocycles. The average Bonchev–Trinajstić information content (AvgIpc) is 3.52. The highest BCUT2D eigenvalue weighted by atomic mass is 32.1. The maximum absolute atomic E-state index is 13.3. The number of nitrogens with one attached hydrogen (secondary N) is 2. The summed E-state index contributed by atoms with van der Waals surface area (Å²) in [4.78, 5) is 42.9. The number of anilines is 2. The van der Waals surface area contributed by atoms with Gasteiger partial charge in [-0.3, -0.25) is 9.59 Å². The lowest BCUT2D eigenvalue weighted by atomic mass is 10.0. The molecule has 2 aromatic heterocycles. The number of amides is 2. The van der Waals surface area contributed by atoms with E-state index < -0.39 is 18.5 Å². The van der Waals surface area contributed by atoms with Crippen LogP contribution in [0.3, 0.4) is 0 Å². The standard InChI is InChI=1S/C28H23N3O4S/c1-17(32)29-19-9-11-20(12-10-19)30-25(33)16-35-28(34)26-22-6-2-3-7-24(22)31-27-18(8-13-23(26)27)15-21-5-4-14-36-21/h2-7,9-12,14-15H,8,13,16H2,1H3,(H,29,32)(H,30,33)/b18-15-. The summed E-state index contributed by atoms with van der Waals surface area (Å²) < 4.78 is 5.46. The number of rotatable bonds is 6. The van der Waals surface area contributed by atoms with E-state index in [1.54, 1.807) is 35.6 Å². The van der Waals surface area contributed by atoms with Crippen molar-refractivity contribution in [2.75, 3.05) is 17.2 Å². The van der Waals surface area contributed by atoms with Crippen molar-refractivity contribution in [1.82, 2.24) is 4.98 Å². The Labute approximate surface area is 211 Å². The number of para-hydroxylation sites is 1. The van der Waals surface area contributed by atoms with Gasteiger partial charge < -0.3 is 15.4 Å². The minimum absolute atomic E-state index is 0.178. The molecule has 7 nitrogen and oxygen atoms in total. The fraction of sp³-hybridized carbons (Fsp3) is 0.143. The van der Waals surface area contributed by atoms with Crippen molar-refractivity contribution < 1.29 is 19.1 Å². The lowest BCUT2D eigenvalue weighted by molar-refractivity contribution is -0.119. The Kier molecular flexibility index (Phi) is 6.60. The molecule has 2 N–H and O–H groups in total. The van der Waals surface area contributed by atoms with E-state index in [0.29, 0.717) is 34.3 Å². The van der Waals surface area contributed by atoms with Gasteiger partial charge in [0.15, 0.2) is 6.61 Å². The molecule has 0 aliphatic heterocycles. The van der Waals surface area contributed by atoms with Gasteiger partial charge in [0.1, 0.15) is 0 Å². The summed E-state index contributed by atoms with van der Waals surface area (Å²) in [5, 5.41) is 8.11. The zero-order valence-corrected chi connectivity index (χ0v) is 20.4. The summed E-state index contributed by atoms with van der Waals surface area (Å²) in [6.45, 7) is 1.00. The molecule has 0 fully saturated rings. The molecule has 0 spiro atoms. The number of allylic oxidation sites excluding steroid dienone is 1. The number of aromatic nitrogens is 1. The van der Waals surface area contributed by atoms with Crippen LogP contribution in [0.5, 0.6) is 0 Å². The van der Waals surface area contributed by atoms with Crippen LogP contribution in [-0.4, -0.2) is 29.4 Å². The number of esters is 1. The highest BCUT2D eigenvalue weighted by Gasteiger charge is 2.28. The highest BCUT2D eigenvalue weighted by Crippen LogP contribution is 2.38. The van der Waals surface area contributed by atoms with Crippen LogP contribution in [0.4, 0.5) is 11.4 Å². The summed E-state index contributed by atoms with van der Waals surface area (Å²) in [5.41, 5.74) is 5.10. The van der Waals surface area contributed by atoms with Crippen molar-refractivity contribution in [3.05, 3.63) is 87.7 Å². The van der Waals surface area contributed by atoms with E-state index in [0.717, 1.165) is 28.1 Å². The molecular weight excluding hydrogens is 474 g/mol. The van der Waals surface area contributed by atoms with Gasteiger partial charge >= 0.3 is 5.97 Å². The first-order chi connectivity index (χ1) is 17.5. The molecule has 180 valence electrons. The number of carbonyl (C=O) groups is 3. The van der Waals surface area contributed by atoms with Crippen LogP contribution in [0, 0.1) is 0 Å². The number of benzene rings is 2. The van der Waals surface area contributed by atoms with E-state index in [9.17, 15) is 14.4 Å². The third-order valence-corrected chi connectivity index (χ3v) is 6.65. The Bertz CT molecular complexity index is 1490. The molecular formula is C28H23N3O4S. The van der Waals surface area contributed by atoms with E-state index >= 15 is 0 Å². The second kappa shape index (κ2) is 10.1. The minimum Gasteiger partial charge on any atom is -0.452 e. The zero-order chi connectivity index (χ0) is 25.1. The van der Waals surface area contributed by atoms with Gasteiger partial charge in [-0.25, -0.2) is 9.78 Å². The van der Waals surface area contributed by atoms with Crippen molar-refractivity contribution in [2.45, 2.75) is 19.8 Å². The molecule has 2 aromatic carbocycles. The Morgan fingerprint density at radius 2 is 1.72 bits per heavy atom. The maximum atomic E-state index is 13.3. The summed E-state index contributed by atoms with van der Waals surface area (Å²) >= 11 is 1.66.